The maximum absolute atomic E-state index is 8.78. The molecule has 0 N–H and O–H groups in total. The molecule has 0 radical (unpaired) electrons. The first kappa shape index (κ1) is 10.6. The highest BCUT2D eigenvalue weighted by Crippen LogP contribution is 2.22. The van der Waals surface area contributed by atoms with Crippen molar-refractivity contribution in [2.75, 3.05) is 11.9 Å². The Hall–Kier alpha value is -0.530. The van der Waals surface area contributed by atoms with Crippen molar-refractivity contribution >= 4 is 31.9 Å². The van der Waals surface area contributed by atoms with E-state index in [2.05, 4.69) is 37.9 Å². The molecule has 0 fully saturated rings. The summed E-state index contributed by atoms with van der Waals surface area (Å²) in [5, 5.41) is 9.54. The monoisotopic (exact) mass is 303 g/mol. The molecule has 1 rings (SSSR count). The number of hydrogen-bond acceptors (Lipinski definition) is 2. The zero-order valence-electron chi connectivity index (χ0n) is 6.76. The summed E-state index contributed by atoms with van der Waals surface area (Å²) in [5.41, 5.74) is 0.551. The first-order valence-electron chi connectivity index (χ1n) is 3.66. The molecule has 0 atom stereocenters. The summed E-state index contributed by atoms with van der Waals surface area (Å²) in [4.78, 5) is 0. The van der Waals surface area contributed by atoms with Gasteiger partial charge in [-0.25, -0.2) is 0 Å². The normalized spacial score (nSPS) is 9.31. The Kier molecular flexibility index (Phi) is 4.26. The third kappa shape index (κ3) is 3.02. The van der Waals surface area contributed by atoms with Crippen LogP contribution in [0.25, 0.3) is 0 Å². The van der Waals surface area contributed by atoms with Crippen LogP contribution in [0.1, 0.15) is 5.56 Å². The molecule has 13 heavy (non-hydrogen) atoms. The van der Waals surface area contributed by atoms with E-state index >= 15 is 0 Å². The fourth-order valence-electron chi connectivity index (χ4n) is 0.864. The molecule has 2 nitrogen and oxygen atoms in total. The quantitative estimate of drug-likeness (QED) is 0.804. The molecule has 0 saturated carbocycles. The lowest BCUT2D eigenvalue weighted by molar-refractivity contribution is 0.344. The highest BCUT2D eigenvalue weighted by molar-refractivity contribution is 9.10. The van der Waals surface area contributed by atoms with Crippen LogP contribution in [0.3, 0.4) is 0 Å². The standard InChI is InChI=1S/C9H7Br2NO/c10-3-4-13-9-2-1-8(11)5-7(9)6-12/h1-2,5H,3-4H2. The Morgan fingerprint density at radius 2 is 2.23 bits per heavy atom. The van der Waals surface area contributed by atoms with Crippen LogP contribution in [0.2, 0.25) is 0 Å². The molecule has 0 aliphatic rings. The number of rotatable bonds is 3. The number of halogens is 2. The summed E-state index contributed by atoms with van der Waals surface area (Å²) in [5.74, 6) is 0.630. The van der Waals surface area contributed by atoms with Gasteiger partial charge in [-0.15, -0.1) is 0 Å². The predicted octanol–water partition coefficient (Wildman–Crippen LogP) is 3.09. The Bertz CT molecular complexity index is 333. The topological polar surface area (TPSA) is 33.0 Å². The van der Waals surface area contributed by atoms with Crippen LogP contribution in [-0.4, -0.2) is 11.9 Å². The second kappa shape index (κ2) is 5.25. The van der Waals surface area contributed by atoms with Crippen molar-refractivity contribution in [3.05, 3.63) is 28.2 Å². The second-order valence-electron chi connectivity index (χ2n) is 2.29. The molecule has 0 aliphatic heterocycles. The van der Waals surface area contributed by atoms with E-state index in [1.54, 1.807) is 12.1 Å². The van der Waals surface area contributed by atoms with Gasteiger partial charge in [-0.3, -0.25) is 0 Å². The van der Waals surface area contributed by atoms with Crippen LogP contribution in [0.4, 0.5) is 0 Å². The van der Waals surface area contributed by atoms with Gasteiger partial charge in [0.2, 0.25) is 0 Å². The lowest BCUT2D eigenvalue weighted by Gasteiger charge is -2.05. The van der Waals surface area contributed by atoms with Crippen molar-refractivity contribution in [1.82, 2.24) is 0 Å². The van der Waals surface area contributed by atoms with Crippen molar-refractivity contribution in [2.45, 2.75) is 0 Å². The SMILES string of the molecule is N#Cc1cc(Br)ccc1OCCBr. The first-order chi connectivity index (χ1) is 6.27. The zero-order valence-corrected chi connectivity index (χ0v) is 9.93. The van der Waals surface area contributed by atoms with Gasteiger partial charge in [0.1, 0.15) is 11.8 Å². The Morgan fingerprint density at radius 3 is 2.85 bits per heavy atom. The molecule has 0 aliphatic carbocycles. The molecule has 1 aromatic rings. The largest absolute Gasteiger partial charge is 0.491 e. The average Bonchev–Trinajstić information content (AvgIpc) is 2.16. The highest BCUT2D eigenvalue weighted by Gasteiger charge is 2.02. The van der Waals surface area contributed by atoms with Crippen molar-refractivity contribution in [3.63, 3.8) is 0 Å². The summed E-state index contributed by atoms with van der Waals surface area (Å²) in [7, 11) is 0. The third-order valence-electron chi connectivity index (χ3n) is 1.40. The van der Waals surface area contributed by atoms with Gasteiger partial charge in [0, 0.05) is 9.80 Å². The van der Waals surface area contributed by atoms with Gasteiger partial charge in [-0.1, -0.05) is 31.9 Å². The summed E-state index contributed by atoms with van der Waals surface area (Å²) >= 11 is 6.54. The van der Waals surface area contributed by atoms with Crippen LogP contribution in [0.5, 0.6) is 5.75 Å². The Morgan fingerprint density at radius 1 is 1.46 bits per heavy atom. The molecule has 0 amide bonds. The molecule has 0 unspecified atom stereocenters. The maximum Gasteiger partial charge on any atom is 0.137 e. The van der Waals surface area contributed by atoms with Gasteiger partial charge in [0.25, 0.3) is 0 Å². The van der Waals surface area contributed by atoms with E-state index in [0.29, 0.717) is 17.9 Å². The molecule has 0 aromatic heterocycles. The molecular weight excluding hydrogens is 298 g/mol. The lowest BCUT2D eigenvalue weighted by Crippen LogP contribution is -1.99. The van der Waals surface area contributed by atoms with Crippen molar-refractivity contribution in [2.24, 2.45) is 0 Å². The number of hydrogen-bond donors (Lipinski definition) is 0. The summed E-state index contributed by atoms with van der Waals surface area (Å²) in [6.07, 6.45) is 0. The van der Waals surface area contributed by atoms with Crippen molar-refractivity contribution in [3.8, 4) is 11.8 Å². The lowest BCUT2D eigenvalue weighted by atomic mass is 10.2. The third-order valence-corrected chi connectivity index (χ3v) is 2.21. The van der Waals surface area contributed by atoms with Crippen molar-refractivity contribution in [1.29, 1.82) is 5.26 Å². The Labute approximate surface area is 93.8 Å². The average molecular weight is 305 g/mol. The van der Waals surface area contributed by atoms with E-state index in [9.17, 15) is 0 Å². The van der Waals surface area contributed by atoms with Gasteiger partial charge in [0.05, 0.1) is 12.2 Å². The number of nitrogens with zero attached hydrogens (tertiary/aromatic N) is 1. The van der Waals surface area contributed by atoms with Crippen LogP contribution in [0, 0.1) is 11.3 Å². The minimum atomic E-state index is 0.551. The van der Waals surface area contributed by atoms with E-state index in [-0.39, 0.29) is 0 Å². The van der Waals surface area contributed by atoms with E-state index in [1.807, 2.05) is 6.07 Å². The van der Waals surface area contributed by atoms with Gasteiger partial charge in [0.15, 0.2) is 0 Å². The van der Waals surface area contributed by atoms with Crippen molar-refractivity contribution < 1.29 is 4.74 Å². The van der Waals surface area contributed by atoms with Crippen LogP contribution >= 0.6 is 31.9 Å². The number of alkyl halides is 1. The smallest absolute Gasteiger partial charge is 0.137 e. The fourth-order valence-corrected chi connectivity index (χ4v) is 1.39. The summed E-state index contributed by atoms with van der Waals surface area (Å²) < 4.78 is 6.23. The van der Waals surface area contributed by atoms with Crippen LogP contribution < -0.4 is 4.74 Å². The van der Waals surface area contributed by atoms with Gasteiger partial charge >= 0.3 is 0 Å². The van der Waals surface area contributed by atoms with E-state index < -0.39 is 0 Å². The van der Waals surface area contributed by atoms with E-state index in [1.165, 1.54) is 0 Å². The number of nitriles is 1. The van der Waals surface area contributed by atoms with E-state index in [4.69, 9.17) is 10.00 Å². The minimum absolute atomic E-state index is 0.551. The fraction of sp³-hybridized carbons (Fsp3) is 0.222. The van der Waals surface area contributed by atoms with Crippen LogP contribution in [-0.2, 0) is 0 Å². The molecular formula is C9H7Br2NO. The van der Waals surface area contributed by atoms with Crippen LogP contribution in [0.15, 0.2) is 22.7 Å². The van der Waals surface area contributed by atoms with Gasteiger partial charge in [-0.05, 0) is 18.2 Å². The molecule has 0 bridgehead atoms. The number of benzene rings is 1. The summed E-state index contributed by atoms with van der Waals surface area (Å²) in [6.45, 7) is 0.566. The summed E-state index contributed by atoms with van der Waals surface area (Å²) in [6, 6.07) is 7.45. The van der Waals surface area contributed by atoms with Gasteiger partial charge < -0.3 is 4.74 Å². The van der Waals surface area contributed by atoms with E-state index in [0.717, 1.165) is 9.80 Å². The molecule has 68 valence electrons. The predicted molar refractivity (Wildman–Crippen MR) is 58.1 cm³/mol. The second-order valence-corrected chi connectivity index (χ2v) is 4.00. The highest BCUT2D eigenvalue weighted by atomic mass is 79.9. The van der Waals surface area contributed by atoms with Gasteiger partial charge in [-0.2, -0.15) is 5.26 Å². The number of ether oxygens (including phenoxy) is 1. The molecule has 0 heterocycles. The Balaban J connectivity index is 2.88. The molecule has 4 heteroatoms. The molecule has 0 saturated heterocycles. The molecule has 0 spiro atoms. The minimum Gasteiger partial charge on any atom is -0.491 e. The molecule has 1 aromatic carbocycles. The first-order valence-corrected chi connectivity index (χ1v) is 5.58. The zero-order chi connectivity index (χ0) is 9.68. The maximum atomic E-state index is 8.78.